The minimum Gasteiger partial charge on any atom is -0.374 e. The summed E-state index contributed by atoms with van der Waals surface area (Å²) in [7, 11) is 0. The summed E-state index contributed by atoms with van der Waals surface area (Å²) in [5.74, 6) is -0.117. The van der Waals surface area contributed by atoms with E-state index in [1.54, 1.807) is 24.3 Å². The number of hydrogen-bond donors (Lipinski definition) is 2. The van der Waals surface area contributed by atoms with Crippen molar-refractivity contribution in [3.63, 3.8) is 0 Å². The molecule has 6 heteroatoms. The topological polar surface area (TPSA) is 64.7 Å². The van der Waals surface area contributed by atoms with Gasteiger partial charge in [0.2, 0.25) is 5.91 Å². The summed E-state index contributed by atoms with van der Waals surface area (Å²) in [5, 5.41) is 6.12. The van der Waals surface area contributed by atoms with E-state index in [9.17, 15) is 9.59 Å². The second-order valence-corrected chi connectivity index (χ2v) is 7.46. The Morgan fingerprint density at radius 1 is 0.931 bits per heavy atom. The van der Waals surface area contributed by atoms with Gasteiger partial charge in [0.1, 0.15) is 6.04 Å². The zero-order valence-corrected chi connectivity index (χ0v) is 17.4. The molecule has 1 fully saturated rings. The average Bonchev–Trinajstić information content (AvgIpc) is 2.74. The number of nitrogens with one attached hydrogen (secondary N) is 2. The Bertz CT molecular complexity index is 825. The highest BCUT2D eigenvalue weighted by atomic mass is 16.2. The van der Waals surface area contributed by atoms with E-state index in [-0.39, 0.29) is 17.7 Å². The molecule has 0 unspecified atom stereocenters. The van der Waals surface area contributed by atoms with Crippen LogP contribution >= 0.6 is 0 Å². The molecule has 6 nitrogen and oxygen atoms in total. The smallest absolute Gasteiger partial charge is 0.246 e. The molecule has 0 aliphatic carbocycles. The third kappa shape index (κ3) is 5.57. The van der Waals surface area contributed by atoms with Crippen molar-refractivity contribution in [1.29, 1.82) is 0 Å². The molecule has 0 saturated carbocycles. The first-order chi connectivity index (χ1) is 14.0. The van der Waals surface area contributed by atoms with Crippen molar-refractivity contribution >= 4 is 28.8 Å². The summed E-state index contributed by atoms with van der Waals surface area (Å²) in [4.78, 5) is 28.7. The SMILES string of the molecule is CCN1CCN(c2ccc(N[C@@H](C)C(=O)Nc3ccc(C(C)=O)cc3)cc2)CC1. The maximum atomic E-state index is 12.5. The normalized spacial score (nSPS) is 15.6. The fourth-order valence-corrected chi connectivity index (χ4v) is 3.45. The third-order valence-corrected chi connectivity index (χ3v) is 5.39. The highest BCUT2D eigenvalue weighted by molar-refractivity contribution is 5.97. The van der Waals surface area contributed by atoms with E-state index >= 15 is 0 Å². The Labute approximate surface area is 172 Å². The molecular formula is C23H30N4O2. The lowest BCUT2D eigenvalue weighted by atomic mass is 10.1. The number of Topliss-reactive ketones (excluding diaryl/α,β-unsaturated/α-hetero) is 1. The van der Waals surface area contributed by atoms with Gasteiger partial charge in [-0.25, -0.2) is 0 Å². The van der Waals surface area contributed by atoms with E-state index < -0.39 is 0 Å². The second kappa shape index (κ2) is 9.56. The molecule has 29 heavy (non-hydrogen) atoms. The molecule has 3 rings (SSSR count). The van der Waals surface area contributed by atoms with Crippen molar-refractivity contribution in [3.8, 4) is 0 Å². The van der Waals surface area contributed by atoms with Gasteiger partial charge >= 0.3 is 0 Å². The van der Waals surface area contributed by atoms with Crippen LogP contribution in [0.5, 0.6) is 0 Å². The molecule has 1 aliphatic heterocycles. The van der Waals surface area contributed by atoms with E-state index in [4.69, 9.17) is 0 Å². The highest BCUT2D eigenvalue weighted by Crippen LogP contribution is 2.20. The van der Waals surface area contributed by atoms with Gasteiger partial charge < -0.3 is 20.4 Å². The van der Waals surface area contributed by atoms with Gasteiger partial charge in [-0.2, -0.15) is 0 Å². The lowest BCUT2D eigenvalue weighted by Gasteiger charge is -2.35. The first-order valence-electron chi connectivity index (χ1n) is 10.2. The maximum absolute atomic E-state index is 12.5. The number of carbonyl (C=O) groups is 2. The van der Waals surface area contributed by atoms with Gasteiger partial charge in [-0.05, 0) is 68.9 Å². The highest BCUT2D eigenvalue weighted by Gasteiger charge is 2.16. The fourth-order valence-electron chi connectivity index (χ4n) is 3.45. The molecular weight excluding hydrogens is 364 g/mol. The molecule has 1 aliphatic rings. The van der Waals surface area contributed by atoms with Gasteiger partial charge in [-0.1, -0.05) is 6.92 Å². The van der Waals surface area contributed by atoms with Crippen LogP contribution in [0.1, 0.15) is 31.1 Å². The van der Waals surface area contributed by atoms with Gasteiger partial charge in [-0.3, -0.25) is 9.59 Å². The van der Waals surface area contributed by atoms with Crippen molar-refractivity contribution in [2.45, 2.75) is 26.8 Å². The van der Waals surface area contributed by atoms with E-state index in [0.717, 1.165) is 38.4 Å². The molecule has 0 aromatic heterocycles. The summed E-state index contributed by atoms with van der Waals surface area (Å²) in [6.07, 6.45) is 0. The fraction of sp³-hybridized carbons (Fsp3) is 0.391. The molecule has 1 atom stereocenters. The number of benzene rings is 2. The number of hydrogen-bond acceptors (Lipinski definition) is 5. The Morgan fingerprint density at radius 3 is 2.07 bits per heavy atom. The van der Waals surface area contributed by atoms with E-state index in [1.807, 2.05) is 19.1 Å². The first kappa shape index (κ1) is 20.9. The van der Waals surface area contributed by atoms with Crippen LogP contribution in [-0.4, -0.2) is 55.4 Å². The van der Waals surface area contributed by atoms with E-state index in [0.29, 0.717) is 11.3 Å². The molecule has 2 aromatic carbocycles. The van der Waals surface area contributed by atoms with Crippen molar-refractivity contribution in [1.82, 2.24) is 4.90 Å². The van der Waals surface area contributed by atoms with Crippen molar-refractivity contribution in [2.75, 3.05) is 48.3 Å². The van der Waals surface area contributed by atoms with Gasteiger partial charge in [0.15, 0.2) is 5.78 Å². The summed E-state index contributed by atoms with van der Waals surface area (Å²) in [5.41, 5.74) is 3.44. The maximum Gasteiger partial charge on any atom is 0.246 e. The van der Waals surface area contributed by atoms with E-state index in [2.05, 4.69) is 39.5 Å². The van der Waals surface area contributed by atoms with Gasteiger partial charge in [0.25, 0.3) is 0 Å². The zero-order chi connectivity index (χ0) is 20.8. The Kier molecular flexibility index (Phi) is 6.88. The third-order valence-electron chi connectivity index (χ3n) is 5.39. The van der Waals surface area contributed by atoms with Gasteiger partial charge in [0, 0.05) is 48.8 Å². The van der Waals surface area contributed by atoms with Gasteiger partial charge in [0.05, 0.1) is 0 Å². The minimum absolute atomic E-state index is 0.00796. The van der Waals surface area contributed by atoms with Crippen molar-refractivity contribution in [2.24, 2.45) is 0 Å². The lowest BCUT2D eigenvalue weighted by molar-refractivity contribution is -0.116. The number of likely N-dealkylation sites (N-methyl/N-ethyl adjacent to an activating group) is 1. The largest absolute Gasteiger partial charge is 0.374 e. The summed E-state index contributed by atoms with van der Waals surface area (Å²) >= 11 is 0. The zero-order valence-electron chi connectivity index (χ0n) is 17.4. The lowest BCUT2D eigenvalue weighted by Crippen LogP contribution is -2.46. The average molecular weight is 395 g/mol. The van der Waals surface area contributed by atoms with Gasteiger partial charge in [-0.15, -0.1) is 0 Å². The minimum atomic E-state index is -0.388. The predicted molar refractivity (Wildman–Crippen MR) is 119 cm³/mol. The standard InChI is InChI=1S/C23H30N4O2/c1-4-26-13-15-27(16-14-26)22-11-9-20(10-12-22)24-17(2)23(29)25-21-7-5-19(6-8-21)18(3)28/h5-12,17,24H,4,13-16H2,1-3H3,(H,25,29)/t17-/m0/s1. The number of piperazine rings is 1. The molecule has 0 radical (unpaired) electrons. The van der Waals surface area contributed by atoms with Crippen LogP contribution in [0.3, 0.4) is 0 Å². The summed E-state index contributed by atoms with van der Waals surface area (Å²) in [6.45, 7) is 10.9. The molecule has 1 amide bonds. The quantitative estimate of drug-likeness (QED) is 0.704. The number of ketones is 1. The summed E-state index contributed by atoms with van der Waals surface area (Å²) in [6, 6.07) is 14.8. The molecule has 1 heterocycles. The van der Waals surface area contributed by atoms with Crippen LogP contribution < -0.4 is 15.5 Å². The van der Waals surface area contributed by atoms with Crippen LogP contribution in [-0.2, 0) is 4.79 Å². The Morgan fingerprint density at radius 2 is 1.52 bits per heavy atom. The van der Waals surface area contributed by atoms with Crippen LogP contribution in [0.2, 0.25) is 0 Å². The number of amides is 1. The van der Waals surface area contributed by atoms with Crippen molar-refractivity contribution < 1.29 is 9.59 Å². The monoisotopic (exact) mass is 394 g/mol. The van der Waals surface area contributed by atoms with Crippen molar-refractivity contribution in [3.05, 3.63) is 54.1 Å². The van der Waals surface area contributed by atoms with Crippen LogP contribution in [0.15, 0.2) is 48.5 Å². The summed E-state index contributed by atoms with van der Waals surface area (Å²) < 4.78 is 0. The first-order valence-corrected chi connectivity index (χ1v) is 10.2. The number of carbonyl (C=O) groups excluding carboxylic acids is 2. The molecule has 154 valence electrons. The Hall–Kier alpha value is -2.86. The second-order valence-electron chi connectivity index (χ2n) is 7.46. The molecule has 2 aromatic rings. The number of rotatable bonds is 7. The molecule has 0 bridgehead atoms. The molecule has 2 N–H and O–H groups in total. The Balaban J connectivity index is 1.52. The molecule has 0 spiro atoms. The molecule has 1 saturated heterocycles. The van der Waals surface area contributed by atoms with E-state index in [1.165, 1.54) is 12.6 Å². The van der Waals surface area contributed by atoms with Crippen LogP contribution in [0.4, 0.5) is 17.1 Å². The number of nitrogens with zero attached hydrogens (tertiary/aromatic N) is 2. The van der Waals surface area contributed by atoms with Crippen LogP contribution in [0, 0.1) is 0 Å². The van der Waals surface area contributed by atoms with Crippen LogP contribution in [0.25, 0.3) is 0 Å². The predicted octanol–water partition coefficient (Wildman–Crippen LogP) is 3.47. The number of anilines is 3.